The van der Waals surface area contributed by atoms with Crippen molar-refractivity contribution >= 4 is 0 Å². The second-order valence-electron chi connectivity index (χ2n) is 4.80. The molecule has 2 N–H and O–H groups in total. The Bertz CT molecular complexity index is 516. The van der Waals surface area contributed by atoms with Crippen molar-refractivity contribution in [3.8, 4) is 0 Å². The van der Waals surface area contributed by atoms with Gasteiger partial charge in [-0.3, -0.25) is 9.67 Å². The molecule has 1 unspecified atom stereocenters. The number of hydrogen-bond donors (Lipinski definition) is 1. The van der Waals surface area contributed by atoms with Crippen LogP contribution in [0.4, 0.5) is 0 Å². The maximum Gasteiger partial charge on any atom is 0.0628 e. The largest absolute Gasteiger partial charge is 0.327 e. The fraction of sp³-hybridized carbons (Fsp3) is 0.429. The van der Waals surface area contributed by atoms with E-state index in [4.69, 9.17) is 5.73 Å². The van der Waals surface area contributed by atoms with Gasteiger partial charge in [0.1, 0.15) is 0 Å². The van der Waals surface area contributed by atoms with Crippen LogP contribution in [0, 0.1) is 13.8 Å². The molecule has 4 nitrogen and oxygen atoms in total. The van der Waals surface area contributed by atoms with Crippen LogP contribution < -0.4 is 5.73 Å². The van der Waals surface area contributed by atoms with Gasteiger partial charge in [-0.1, -0.05) is 0 Å². The first-order chi connectivity index (χ1) is 8.58. The third kappa shape index (κ3) is 2.76. The molecule has 0 aliphatic heterocycles. The number of nitrogens with two attached hydrogens (primary N) is 1. The second kappa shape index (κ2) is 5.31. The van der Waals surface area contributed by atoms with E-state index in [2.05, 4.69) is 17.0 Å². The standard InChI is InChI=1S/C14H20N4/c1-10-14(11(2)18(3)17-10)9-13(15)8-12-4-6-16-7-5-12/h4-7,13H,8-9,15H2,1-3H3. The lowest BCUT2D eigenvalue weighted by Crippen LogP contribution is -2.26. The van der Waals surface area contributed by atoms with E-state index in [-0.39, 0.29) is 6.04 Å². The molecule has 0 aromatic carbocycles. The van der Waals surface area contributed by atoms with E-state index in [0.29, 0.717) is 0 Å². The van der Waals surface area contributed by atoms with Crippen LogP contribution in [0.2, 0.25) is 0 Å². The van der Waals surface area contributed by atoms with Crippen molar-refractivity contribution in [1.29, 1.82) is 0 Å². The van der Waals surface area contributed by atoms with Gasteiger partial charge >= 0.3 is 0 Å². The molecule has 2 rings (SSSR count). The lowest BCUT2D eigenvalue weighted by atomic mass is 9.99. The Morgan fingerprint density at radius 2 is 1.89 bits per heavy atom. The zero-order chi connectivity index (χ0) is 13.1. The summed E-state index contributed by atoms with van der Waals surface area (Å²) in [4.78, 5) is 4.01. The third-order valence-corrected chi connectivity index (χ3v) is 3.37. The maximum absolute atomic E-state index is 6.23. The van der Waals surface area contributed by atoms with Crippen molar-refractivity contribution < 1.29 is 0 Å². The highest BCUT2D eigenvalue weighted by molar-refractivity contribution is 5.26. The molecule has 96 valence electrons. The monoisotopic (exact) mass is 244 g/mol. The summed E-state index contributed by atoms with van der Waals surface area (Å²) in [5.74, 6) is 0. The minimum Gasteiger partial charge on any atom is -0.327 e. The first-order valence-electron chi connectivity index (χ1n) is 6.21. The minimum atomic E-state index is 0.119. The van der Waals surface area contributed by atoms with Gasteiger partial charge < -0.3 is 5.73 Å². The van der Waals surface area contributed by atoms with E-state index >= 15 is 0 Å². The Balaban J connectivity index is 2.05. The molecule has 0 saturated heterocycles. The summed E-state index contributed by atoms with van der Waals surface area (Å²) < 4.78 is 1.92. The maximum atomic E-state index is 6.23. The molecule has 0 spiro atoms. The number of pyridine rings is 1. The zero-order valence-corrected chi connectivity index (χ0v) is 11.2. The number of aryl methyl sites for hydroxylation is 2. The Hall–Kier alpha value is -1.68. The lowest BCUT2D eigenvalue weighted by molar-refractivity contribution is 0.658. The van der Waals surface area contributed by atoms with Crippen molar-refractivity contribution in [3.63, 3.8) is 0 Å². The van der Waals surface area contributed by atoms with E-state index in [9.17, 15) is 0 Å². The molecule has 0 radical (unpaired) electrons. The van der Waals surface area contributed by atoms with E-state index in [1.54, 1.807) is 0 Å². The molecule has 0 fully saturated rings. The zero-order valence-electron chi connectivity index (χ0n) is 11.2. The molecule has 2 heterocycles. The van der Waals surface area contributed by atoms with Gasteiger partial charge in [-0.15, -0.1) is 0 Å². The normalized spacial score (nSPS) is 12.7. The van der Waals surface area contributed by atoms with Crippen molar-refractivity contribution in [3.05, 3.63) is 47.0 Å². The molecular weight excluding hydrogens is 224 g/mol. The molecule has 0 aliphatic carbocycles. The smallest absolute Gasteiger partial charge is 0.0628 e. The van der Waals surface area contributed by atoms with Crippen molar-refractivity contribution in [1.82, 2.24) is 14.8 Å². The third-order valence-electron chi connectivity index (χ3n) is 3.37. The van der Waals surface area contributed by atoms with E-state index in [1.165, 1.54) is 16.8 Å². The fourth-order valence-corrected chi connectivity index (χ4v) is 2.27. The highest BCUT2D eigenvalue weighted by Gasteiger charge is 2.13. The van der Waals surface area contributed by atoms with Gasteiger partial charge in [-0.2, -0.15) is 5.10 Å². The van der Waals surface area contributed by atoms with E-state index in [1.807, 2.05) is 43.2 Å². The highest BCUT2D eigenvalue weighted by atomic mass is 15.3. The molecule has 0 saturated carbocycles. The molecule has 4 heteroatoms. The summed E-state index contributed by atoms with van der Waals surface area (Å²) in [6.07, 6.45) is 5.36. The Kier molecular flexibility index (Phi) is 3.77. The predicted octanol–water partition coefficient (Wildman–Crippen LogP) is 1.54. The van der Waals surface area contributed by atoms with Crippen LogP contribution in [0.15, 0.2) is 24.5 Å². The van der Waals surface area contributed by atoms with Gasteiger partial charge in [-0.05, 0) is 49.9 Å². The summed E-state index contributed by atoms with van der Waals surface area (Å²) in [5.41, 5.74) is 11.0. The number of rotatable bonds is 4. The van der Waals surface area contributed by atoms with Crippen LogP contribution in [0.25, 0.3) is 0 Å². The van der Waals surface area contributed by atoms with Crippen LogP contribution in [-0.2, 0) is 19.9 Å². The number of nitrogens with zero attached hydrogens (tertiary/aromatic N) is 3. The van der Waals surface area contributed by atoms with Gasteiger partial charge in [0.15, 0.2) is 0 Å². The summed E-state index contributed by atoms with van der Waals surface area (Å²) >= 11 is 0. The SMILES string of the molecule is Cc1nn(C)c(C)c1CC(N)Cc1ccncc1. The highest BCUT2D eigenvalue weighted by Crippen LogP contribution is 2.15. The second-order valence-corrected chi connectivity index (χ2v) is 4.80. The Morgan fingerprint density at radius 1 is 1.22 bits per heavy atom. The van der Waals surface area contributed by atoms with Gasteiger partial charge in [-0.25, -0.2) is 0 Å². The average Bonchev–Trinajstić information content (AvgIpc) is 2.57. The molecular formula is C14H20N4. The molecule has 0 amide bonds. The summed E-state index contributed by atoms with van der Waals surface area (Å²) in [7, 11) is 1.97. The van der Waals surface area contributed by atoms with Crippen LogP contribution >= 0.6 is 0 Å². The Labute approximate surface area is 108 Å². The van der Waals surface area contributed by atoms with Gasteiger partial charge in [0.25, 0.3) is 0 Å². The topological polar surface area (TPSA) is 56.7 Å². The van der Waals surface area contributed by atoms with Gasteiger partial charge in [0, 0.05) is 31.2 Å². The van der Waals surface area contributed by atoms with Crippen molar-refractivity contribution in [2.75, 3.05) is 0 Å². The van der Waals surface area contributed by atoms with Crippen LogP contribution in [0.1, 0.15) is 22.5 Å². The molecule has 18 heavy (non-hydrogen) atoms. The number of aromatic nitrogens is 3. The predicted molar refractivity (Wildman–Crippen MR) is 72.3 cm³/mol. The van der Waals surface area contributed by atoms with Crippen LogP contribution in [0.3, 0.4) is 0 Å². The summed E-state index contributed by atoms with van der Waals surface area (Å²) in [6, 6.07) is 4.15. The molecule has 0 aliphatic rings. The molecule has 2 aromatic rings. The van der Waals surface area contributed by atoms with Crippen LogP contribution in [0.5, 0.6) is 0 Å². The van der Waals surface area contributed by atoms with E-state index in [0.717, 1.165) is 18.5 Å². The Morgan fingerprint density at radius 3 is 2.44 bits per heavy atom. The van der Waals surface area contributed by atoms with Gasteiger partial charge in [0.2, 0.25) is 0 Å². The van der Waals surface area contributed by atoms with Gasteiger partial charge in [0.05, 0.1) is 5.69 Å². The number of hydrogen-bond acceptors (Lipinski definition) is 3. The lowest BCUT2D eigenvalue weighted by Gasteiger charge is -2.12. The molecule has 0 bridgehead atoms. The summed E-state index contributed by atoms with van der Waals surface area (Å²) in [6.45, 7) is 4.13. The molecule has 2 aromatic heterocycles. The molecule has 1 atom stereocenters. The first kappa shape index (κ1) is 12.8. The summed E-state index contributed by atoms with van der Waals surface area (Å²) in [5, 5.41) is 4.42. The first-order valence-corrected chi connectivity index (χ1v) is 6.21. The quantitative estimate of drug-likeness (QED) is 0.887. The van der Waals surface area contributed by atoms with Crippen molar-refractivity contribution in [2.24, 2.45) is 12.8 Å². The van der Waals surface area contributed by atoms with Crippen LogP contribution in [-0.4, -0.2) is 20.8 Å². The minimum absolute atomic E-state index is 0.119. The van der Waals surface area contributed by atoms with Crippen molar-refractivity contribution in [2.45, 2.75) is 32.7 Å². The fourth-order valence-electron chi connectivity index (χ4n) is 2.27. The average molecular weight is 244 g/mol. The van der Waals surface area contributed by atoms with E-state index < -0.39 is 0 Å².